The van der Waals surface area contributed by atoms with E-state index in [-0.39, 0.29) is 16.5 Å². The summed E-state index contributed by atoms with van der Waals surface area (Å²) in [6.45, 7) is 1.44. The molecule has 0 radical (unpaired) electrons. The maximum Gasteiger partial charge on any atom is 0.263 e. The fourth-order valence-corrected chi connectivity index (χ4v) is 6.01. The summed E-state index contributed by atoms with van der Waals surface area (Å²) in [5.41, 5.74) is 7.93. The zero-order valence-electron chi connectivity index (χ0n) is 22.8. The minimum absolute atomic E-state index is 0.00151. The highest BCUT2D eigenvalue weighted by atomic mass is 32.2. The van der Waals surface area contributed by atoms with Crippen molar-refractivity contribution in [3.63, 3.8) is 0 Å². The van der Waals surface area contributed by atoms with Gasteiger partial charge in [-0.3, -0.25) is 14.4 Å². The summed E-state index contributed by atoms with van der Waals surface area (Å²) in [4.78, 5) is 23.6. The molecule has 41 heavy (non-hydrogen) atoms. The SMILES string of the molecule is COc1cc(Nc2nc3ccccc3nc2NS(=O)(=O)c2cccc(C(C(N)=O)N3CCCCC3)c2)cc(OC)c1. The molecule has 1 unspecified atom stereocenters. The number of piperidine rings is 1. The first-order valence-electron chi connectivity index (χ1n) is 13.2. The van der Waals surface area contributed by atoms with E-state index in [0.717, 1.165) is 32.4 Å². The number of primary amides is 1. The Morgan fingerprint density at radius 2 is 1.51 bits per heavy atom. The second-order valence-corrected chi connectivity index (χ2v) is 11.4. The molecule has 1 aliphatic rings. The monoisotopic (exact) mass is 576 g/mol. The van der Waals surface area contributed by atoms with Gasteiger partial charge in [-0.2, -0.15) is 0 Å². The van der Waals surface area contributed by atoms with Gasteiger partial charge in [0, 0.05) is 23.9 Å². The molecule has 1 atom stereocenters. The van der Waals surface area contributed by atoms with E-state index in [2.05, 4.69) is 20.0 Å². The Labute approximate surface area is 238 Å². The average Bonchev–Trinajstić information content (AvgIpc) is 2.97. The molecule has 214 valence electrons. The average molecular weight is 577 g/mol. The lowest BCUT2D eigenvalue weighted by Crippen LogP contribution is -2.40. The van der Waals surface area contributed by atoms with Gasteiger partial charge in [0.25, 0.3) is 10.0 Å². The van der Waals surface area contributed by atoms with Crippen molar-refractivity contribution < 1.29 is 22.7 Å². The molecule has 1 saturated heterocycles. The molecule has 1 aromatic heterocycles. The van der Waals surface area contributed by atoms with Crippen LogP contribution in [0.4, 0.5) is 17.3 Å². The zero-order valence-corrected chi connectivity index (χ0v) is 23.6. The molecule has 0 saturated carbocycles. The zero-order chi connectivity index (χ0) is 29.0. The van der Waals surface area contributed by atoms with E-state index in [4.69, 9.17) is 15.2 Å². The van der Waals surface area contributed by atoms with Crippen LogP contribution in [0.25, 0.3) is 11.0 Å². The lowest BCUT2D eigenvalue weighted by Gasteiger charge is -2.33. The van der Waals surface area contributed by atoms with Crippen molar-refractivity contribution >= 4 is 44.3 Å². The van der Waals surface area contributed by atoms with E-state index in [1.807, 2.05) is 11.0 Å². The molecule has 0 spiro atoms. The van der Waals surface area contributed by atoms with Crippen LogP contribution in [-0.4, -0.2) is 56.5 Å². The number of anilines is 3. The molecule has 1 aliphatic heterocycles. The number of fused-ring (bicyclic) bond motifs is 1. The van der Waals surface area contributed by atoms with Gasteiger partial charge in [0.2, 0.25) is 5.91 Å². The number of likely N-dealkylation sites (tertiary alicyclic amines) is 1. The van der Waals surface area contributed by atoms with Crippen LogP contribution >= 0.6 is 0 Å². The molecular formula is C29H32N6O5S. The Morgan fingerprint density at radius 3 is 2.12 bits per heavy atom. The Morgan fingerprint density at radius 1 is 0.878 bits per heavy atom. The number of hydrogen-bond acceptors (Lipinski definition) is 9. The highest BCUT2D eigenvalue weighted by Gasteiger charge is 2.28. The molecule has 11 nitrogen and oxygen atoms in total. The van der Waals surface area contributed by atoms with Gasteiger partial charge in [-0.25, -0.2) is 18.4 Å². The van der Waals surface area contributed by atoms with E-state index in [9.17, 15) is 13.2 Å². The van der Waals surface area contributed by atoms with Crippen molar-refractivity contribution in [2.24, 2.45) is 5.73 Å². The first-order valence-corrected chi connectivity index (χ1v) is 14.7. The molecule has 3 aromatic carbocycles. The summed E-state index contributed by atoms with van der Waals surface area (Å²) in [6, 6.07) is 17.9. The molecule has 0 aliphatic carbocycles. The predicted molar refractivity (Wildman–Crippen MR) is 157 cm³/mol. The van der Waals surface area contributed by atoms with Crippen molar-refractivity contribution in [2.45, 2.75) is 30.2 Å². The Balaban J connectivity index is 1.51. The summed E-state index contributed by atoms with van der Waals surface area (Å²) in [5.74, 6) is 0.741. The second kappa shape index (κ2) is 12.0. The van der Waals surface area contributed by atoms with Gasteiger partial charge in [-0.1, -0.05) is 30.7 Å². The van der Waals surface area contributed by atoms with Crippen LogP contribution in [0.3, 0.4) is 0 Å². The fourth-order valence-electron chi connectivity index (χ4n) is 4.94. The second-order valence-electron chi connectivity index (χ2n) is 9.72. The van der Waals surface area contributed by atoms with Crippen LogP contribution < -0.4 is 25.2 Å². The Bertz CT molecular complexity index is 1650. The molecule has 1 amide bonds. The van der Waals surface area contributed by atoms with Crippen molar-refractivity contribution in [3.05, 3.63) is 72.3 Å². The minimum Gasteiger partial charge on any atom is -0.497 e. The number of carbonyl (C=O) groups is 1. The van der Waals surface area contributed by atoms with Crippen LogP contribution in [0.5, 0.6) is 11.5 Å². The smallest absolute Gasteiger partial charge is 0.263 e. The lowest BCUT2D eigenvalue weighted by molar-refractivity contribution is -0.123. The first-order chi connectivity index (χ1) is 19.8. The summed E-state index contributed by atoms with van der Waals surface area (Å²) in [6.07, 6.45) is 3.00. The molecule has 2 heterocycles. The number of carbonyl (C=O) groups excluding carboxylic acids is 1. The molecule has 5 rings (SSSR count). The first kappa shape index (κ1) is 28.1. The molecule has 4 aromatic rings. The van der Waals surface area contributed by atoms with E-state index < -0.39 is 22.0 Å². The largest absolute Gasteiger partial charge is 0.497 e. The summed E-state index contributed by atoms with van der Waals surface area (Å²) < 4.78 is 40.7. The van der Waals surface area contributed by atoms with Gasteiger partial charge in [0.15, 0.2) is 11.6 Å². The third kappa shape index (κ3) is 6.34. The van der Waals surface area contributed by atoms with Crippen LogP contribution in [-0.2, 0) is 14.8 Å². The maximum atomic E-state index is 13.7. The number of hydrogen-bond donors (Lipinski definition) is 3. The number of nitrogens with two attached hydrogens (primary N) is 1. The normalized spacial score (nSPS) is 14.8. The van der Waals surface area contributed by atoms with E-state index in [1.54, 1.807) is 48.5 Å². The van der Waals surface area contributed by atoms with E-state index in [0.29, 0.717) is 33.8 Å². The molecule has 0 bridgehead atoms. The third-order valence-corrected chi connectivity index (χ3v) is 8.26. The molecule has 4 N–H and O–H groups in total. The predicted octanol–water partition coefficient (Wildman–Crippen LogP) is 4.20. The number of ether oxygens (including phenoxy) is 2. The van der Waals surface area contributed by atoms with Crippen molar-refractivity contribution in [1.82, 2.24) is 14.9 Å². The van der Waals surface area contributed by atoms with Crippen LogP contribution in [0.15, 0.2) is 71.6 Å². The van der Waals surface area contributed by atoms with Gasteiger partial charge in [-0.05, 0) is 55.8 Å². The lowest BCUT2D eigenvalue weighted by atomic mass is 10.0. The number of aromatic nitrogens is 2. The van der Waals surface area contributed by atoms with Gasteiger partial charge in [0.05, 0.1) is 30.1 Å². The third-order valence-electron chi connectivity index (χ3n) is 6.93. The molecular weight excluding hydrogens is 544 g/mol. The minimum atomic E-state index is -4.15. The maximum absolute atomic E-state index is 13.7. The fraction of sp³-hybridized carbons (Fsp3) is 0.276. The van der Waals surface area contributed by atoms with E-state index in [1.165, 1.54) is 26.4 Å². The number of sulfonamides is 1. The van der Waals surface area contributed by atoms with Crippen LogP contribution in [0.2, 0.25) is 0 Å². The Hall–Kier alpha value is -4.42. The Kier molecular flexibility index (Phi) is 8.22. The van der Waals surface area contributed by atoms with Crippen molar-refractivity contribution in [3.8, 4) is 11.5 Å². The summed E-state index contributed by atoms with van der Waals surface area (Å²) >= 11 is 0. The topological polar surface area (TPSA) is 149 Å². The molecule has 12 heteroatoms. The summed E-state index contributed by atoms with van der Waals surface area (Å²) in [7, 11) is -1.07. The standard InChI is InChI=1S/C29H32N6O5S/c1-39-21-16-20(17-22(18-21)40-2)31-28-29(33-25-12-5-4-11-24(25)32-28)34-41(37,38)23-10-8-9-19(15-23)26(27(30)36)35-13-6-3-7-14-35/h4-5,8-12,15-18,26H,3,6-7,13-14H2,1-2H3,(H2,30,36)(H,31,32)(H,33,34). The number of methoxy groups -OCH3 is 2. The number of nitrogens with zero attached hydrogens (tertiary/aromatic N) is 3. The van der Waals surface area contributed by atoms with E-state index >= 15 is 0 Å². The quantitative estimate of drug-likeness (QED) is 0.252. The van der Waals surface area contributed by atoms with Gasteiger partial charge < -0.3 is 20.5 Å². The van der Waals surface area contributed by atoms with Crippen LogP contribution in [0, 0.1) is 0 Å². The highest BCUT2D eigenvalue weighted by molar-refractivity contribution is 7.92. The van der Waals surface area contributed by atoms with Gasteiger partial charge in [-0.15, -0.1) is 0 Å². The van der Waals surface area contributed by atoms with Gasteiger partial charge in [0.1, 0.15) is 17.5 Å². The highest BCUT2D eigenvalue weighted by Crippen LogP contribution is 2.32. The molecule has 1 fully saturated rings. The van der Waals surface area contributed by atoms with Crippen molar-refractivity contribution in [1.29, 1.82) is 0 Å². The van der Waals surface area contributed by atoms with Crippen LogP contribution in [0.1, 0.15) is 30.9 Å². The van der Waals surface area contributed by atoms with Crippen molar-refractivity contribution in [2.75, 3.05) is 37.3 Å². The summed E-state index contributed by atoms with van der Waals surface area (Å²) in [5, 5.41) is 3.15. The number of rotatable bonds is 10. The van der Waals surface area contributed by atoms with Gasteiger partial charge >= 0.3 is 0 Å². The number of amides is 1. The number of benzene rings is 3. The number of para-hydroxylation sites is 2. The number of nitrogens with one attached hydrogen (secondary N) is 2.